The fraction of sp³-hybridized carbons (Fsp3) is 0.733. The summed E-state index contributed by atoms with van der Waals surface area (Å²) in [6.07, 6.45) is 6.60. The van der Waals surface area contributed by atoms with Gasteiger partial charge in [-0.15, -0.1) is 0 Å². The highest BCUT2D eigenvalue weighted by Gasteiger charge is 2.23. The monoisotopic (exact) mass is 294 g/mol. The van der Waals surface area contributed by atoms with E-state index < -0.39 is 0 Å². The Hall–Kier alpha value is -1.40. The maximum Gasteiger partial charge on any atom is 0.293 e. The minimum Gasteiger partial charge on any atom is -0.385 e. The van der Waals surface area contributed by atoms with Crippen LogP contribution in [0.2, 0.25) is 0 Å². The number of nitrogens with one attached hydrogen (secondary N) is 1. The molecule has 0 bridgehead atoms. The largest absolute Gasteiger partial charge is 0.385 e. The van der Waals surface area contributed by atoms with Crippen LogP contribution in [0.1, 0.15) is 26.2 Å². The molecule has 0 aliphatic carbocycles. The average molecular weight is 294 g/mol. The number of hydrogen-bond acceptors (Lipinski definition) is 5. The zero-order chi connectivity index (χ0) is 15.2. The number of rotatable bonds is 6. The number of aryl methyl sites for hydroxylation is 1. The number of piperidine rings is 1. The molecule has 1 aromatic rings. The first-order chi connectivity index (χ1) is 10.1. The molecule has 2 atom stereocenters. The van der Waals surface area contributed by atoms with Gasteiger partial charge in [-0.05, 0) is 26.2 Å². The summed E-state index contributed by atoms with van der Waals surface area (Å²) in [6, 6.07) is 0.818. The number of anilines is 1. The quantitative estimate of drug-likeness (QED) is 0.839. The van der Waals surface area contributed by atoms with E-state index in [2.05, 4.69) is 22.1 Å². The van der Waals surface area contributed by atoms with Gasteiger partial charge in [0.15, 0.2) is 5.82 Å². The molecule has 0 amide bonds. The maximum atomic E-state index is 12.2. The van der Waals surface area contributed by atoms with Crippen LogP contribution < -0.4 is 15.8 Å². The van der Waals surface area contributed by atoms with Gasteiger partial charge in [-0.25, -0.2) is 4.98 Å². The molecular weight excluding hydrogens is 268 g/mol. The Morgan fingerprint density at radius 3 is 3.14 bits per heavy atom. The Balaban J connectivity index is 1.97. The van der Waals surface area contributed by atoms with Gasteiger partial charge < -0.3 is 19.5 Å². The molecule has 0 spiro atoms. The van der Waals surface area contributed by atoms with Crippen molar-refractivity contribution in [2.45, 2.75) is 38.3 Å². The molecule has 2 rings (SSSR count). The summed E-state index contributed by atoms with van der Waals surface area (Å²) in [4.78, 5) is 18.5. The summed E-state index contributed by atoms with van der Waals surface area (Å²) < 4.78 is 6.70. The molecular formula is C15H26N4O2. The van der Waals surface area contributed by atoms with Gasteiger partial charge in [-0.2, -0.15) is 0 Å². The molecule has 1 N–H and O–H groups in total. The summed E-state index contributed by atoms with van der Waals surface area (Å²) in [7, 11) is 3.49. The lowest BCUT2D eigenvalue weighted by Crippen LogP contribution is -2.50. The van der Waals surface area contributed by atoms with Crippen LogP contribution >= 0.6 is 0 Å². The van der Waals surface area contributed by atoms with Gasteiger partial charge in [-0.1, -0.05) is 0 Å². The first-order valence-corrected chi connectivity index (χ1v) is 7.63. The molecule has 1 aromatic heterocycles. The molecule has 2 heterocycles. The Bertz CT molecular complexity index is 503. The minimum atomic E-state index is -0.0226. The summed E-state index contributed by atoms with van der Waals surface area (Å²) in [5, 5.41) is 3.63. The van der Waals surface area contributed by atoms with Crippen LogP contribution in [0, 0.1) is 0 Å². The number of ether oxygens (including phenoxy) is 1. The third-order valence-electron chi connectivity index (χ3n) is 3.99. The summed E-state index contributed by atoms with van der Waals surface area (Å²) >= 11 is 0. The van der Waals surface area contributed by atoms with Gasteiger partial charge in [0.25, 0.3) is 5.56 Å². The molecule has 6 nitrogen and oxygen atoms in total. The summed E-state index contributed by atoms with van der Waals surface area (Å²) in [6.45, 7) is 4.68. The van der Waals surface area contributed by atoms with Crippen molar-refractivity contribution in [3.8, 4) is 0 Å². The zero-order valence-corrected chi connectivity index (χ0v) is 13.2. The smallest absolute Gasteiger partial charge is 0.293 e. The molecule has 1 fully saturated rings. The van der Waals surface area contributed by atoms with Crippen LogP contribution in [0.3, 0.4) is 0 Å². The second-order valence-electron chi connectivity index (χ2n) is 5.80. The molecule has 6 heteroatoms. The standard InChI is InChI=1S/C15H26N4O2/c1-12(6-10-21-3)17-13-5-4-8-19(11-13)14-15(20)18(2)9-7-16-14/h7,9,12-13,17H,4-6,8,10-11H2,1-3H3/t12-,13-/m1/s1. The SMILES string of the molecule is COCC[C@@H](C)N[C@@H]1CCCN(c2nccn(C)c2=O)C1. The topological polar surface area (TPSA) is 59.4 Å². The molecule has 0 saturated carbocycles. The molecule has 21 heavy (non-hydrogen) atoms. The van der Waals surface area contributed by atoms with Gasteiger partial charge in [0, 0.05) is 58.3 Å². The molecule has 0 unspecified atom stereocenters. The van der Waals surface area contributed by atoms with Crippen molar-refractivity contribution in [3.63, 3.8) is 0 Å². The van der Waals surface area contributed by atoms with E-state index in [0.29, 0.717) is 17.9 Å². The highest BCUT2D eigenvalue weighted by molar-refractivity contribution is 5.36. The fourth-order valence-corrected chi connectivity index (χ4v) is 2.79. The summed E-state index contributed by atoms with van der Waals surface area (Å²) in [5.74, 6) is 0.566. The number of hydrogen-bond donors (Lipinski definition) is 1. The third kappa shape index (κ3) is 4.28. The van der Waals surface area contributed by atoms with Crippen LogP contribution in [0.5, 0.6) is 0 Å². The van der Waals surface area contributed by atoms with Crippen LogP contribution in [0.15, 0.2) is 17.2 Å². The fourth-order valence-electron chi connectivity index (χ4n) is 2.79. The van der Waals surface area contributed by atoms with Crippen LogP contribution in [0.4, 0.5) is 5.82 Å². The molecule has 1 aliphatic heterocycles. The Morgan fingerprint density at radius 2 is 2.38 bits per heavy atom. The van der Waals surface area contributed by atoms with Gasteiger partial charge in [0.1, 0.15) is 0 Å². The molecule has 0 aromatic carbocycles. The van der Waals surface area contributed by atoms with E-state index in [0.717, 1.165) is 39.0 Å². The van der Waals surface area contributed by atoms with Crippen molar-refractivity contribution in [2.75, 3.05) is 31.7 Å². The van der Waals surface area contributed by atoms with Gasteiger partial charge in [0.2, 0.25) is 0 Å². The van der Waals surface area contributed by atoms with E-state index in [1.165, 1.54) is 0 Å². The van der Waals surface area contributed by atoms with Crippen LogP contribution in [-0.2, 0) is 11.8 Å². The second-order valence-corrected chi connectivity index (χ2v) is 5.80. The van der Waals surface area contributed by atoms with E-state index in [1.807, 2.05) is 0 Å². The van der Waals surface area contributed by atoms with Gasteiger partial charge in [0.05, 0.1) is 0 Å². The number of nitrogens with zero attached hydrogens (tertiary/aromatic N) is 3. The Morgan fingerprint density at radius 1 is 1.57 bits per heavy atom. The Labute approximate surface area is 126 Å². The molecule has 1 saturated heterocycles. The van der Waals surface area contributed by atoms with Gasteiger partial charge >= 0.3 is 0 Å². The normalized spacial score (nSPS) is 20.5. The van der Waals surface area contributed by atoms with Crippen molar-refractivity contribution < 1.29 is 4.74 Å². The van der Waals surface area contributed by atoms with Gasteiger partial charge in [-0.3, -0.25) is 4.79 Å². The highest BCUT2D eigenvalue weighted by Crippen LogP contribution is 2.15. The lowest BCUT2D eigenvalue weighted by Gasteiger charge is -2.35. The average Bonchev–Trinajstić information content (AvgIpc) is 2.48. The summed E-state index contributed by atoms with van der Waals surface area (Å²) in [5.41, 5.74) is -0.0226. The van der Waals surface area contributed by atoms with E-state index in [1.54, 1.807) is 31.1 Å². The zero-order valence-electron chi connectivity index (χ0n) is 13.2. The van der Waals surface area contributed by atoms with E-state index in [9.17, 15) is 4.79 Å². The third-order valence-corrected chi connectivity index (χ3v) is 3.99. The second kappa shape index (κ2) is 7.56. The first kappa shape index (κ1) is 16.0. The van der Waals surface area contributed by atoms with E-state index in [-0.39, 0.29) is 5.56 Å². The highest BCUT2D eigenvalue weighted by atomic mass is 16.5. The van der Waals surface area contributed by atoms with E-state index >= 15 is 0 Å². The molecule has 0 radical (unpaired) electrons. The predicted octanol–water partition coefficient (Wildman–Crippen LogP) is 0.764. The van der Waals surface area contributed by atoms with Crippen molar-refractivity contribution >= 4 is 5.82 Å². The number of aromatic nitrogens is 2. The lowest BCUT2D eigenvalue weighted by atomic mass is 10.0. The minimum absolute atomic E-state index is 0.0226. The Kier molecular flexibility index (Phi) is 5.76. The lowest BCUT2D eigenvalue weighted by molar-refractivity contribution is 0.181. The van der Waals surface area contributed by atoms with Crippen LogP contribution in [0.25, 0.3) is 0 Å². The number of methoxy groups -OCH3 is 1. The predicted molar refractivity (Wildman–Crippen MR) is 83.8 cm³/mol. The van der Waals surface area contributed by atoms with Crippen molar-refractivity contribution in [3.05, 3.63) is 22.7 Å². The molecule has 1 aliphatic rings. The molecule has 118 valence electrons. The van der Waals surface area contributed by atoms with E-state index in [4.69, 9.17) is 4.74 Å². The van der Waals surface area contributed by atoms with Crippen molar-refractivity contribution in [1.29, 1.82) is 0 Å². The maximum absolute atomic E-state index is 12.2. The first-order valence-electron chi connectivity index (χ1n) is 7.63. The van der Waals surface area contributed by atoms with Crippen LogP contribution in [-0.4, -0.2) is 48.4 Å². The van der Waals surface area contributed by atoms with Crippen molar-refractivity contribution in [2.24, 2.45) is 7.05 Å². The van der Waals surface area contributed by atoms with Crippen molar-refractivity contribution in [1.82, 2.24) is 14.9 Å².